The van der Waals surface area contributed by atoms with E-state index in [9.17, 15) is 8.76 Å². The topological polar surface area (TPSA) is 26.3 Å². The van der Waals surface area contributed by atoms with Crippen molar-refractivity contribution in [2.45, 2.75) is 52.8 Å². The van der Waals surface area contributed by atoms with E-state index >= 15 is 0 Å². The smallest absolute Gasteiger partial charge is 0.299 e. The van der Waals surface area contributed by atoms with Gasteiger partial charge in [0, 0.05) is 0 Å². The summed E-state index contributed by atoms with van der Waals surface area (Å²) >= 11 is 0. The van der Waals surface area contributed by atoms with E-state index in [1.54, 1.807) is 27.7 Å². The van der Waals surface area contributed by atoms with E-state index in [-0.39, 0.29) is 5.92 Å². The maximum atomic E-state index is 13.4. The van der Waals surface area contributed by atoms with Gasteiger partial charge in [-0.1, -0.05) is 27.7 Å². The molecule has 0 radical (unpaired) electrons. The minimum absolute atomic E-state index is 0.135. The normalized spacial score (nSPS) is 17.9. The molecule has 0 aromatic carbocycles. The van der Waals surface area contributed by atoms with Gasteiger partial charge in [-0.3, -0.25) is 9.09 Å². The third kappa shape index (κ3) is 3.78. The second kappa shape index (κ2) is 4.10. The number of rotatable bonds is 4. The van der Waals surface area contributed by atoms with Gasteiger partial charge in [-0.05, 0) is 19.8 Å². The summed E-state index contributed by atoms with van der Waals surface area (Å²) in [6.07, 6.45) is 0. The Labute approximate surface area is 80.4 Å². The molecule has 0 aromatic rings. The Morgan fingerprint density at radius 1 is 1.23 bits per heavy atom. The number of halogens is 1. The Kier molecular flexibility index (Phi) is 4.14. The Bertz CT molecular complexity index is 212. The molecule has 0 aliphatic carbocycles. The first kappa shape index (κ1) is 13.1. The standard InChI is InChI=1S/C9H20FO2P/c1-7(2)9(5,6)12-13(10,11)8(3)4/h7-8H,1-6H3. The predicted octanol–water partition coefficient (Wildman–Crippen LogP) is 4.01. The lowest BCUT2D eigenvalue weighted by Gasteiger charge is -2.31. The SMILES string of the molecule is CC(C)C(C)(C)OP(=O)(F)C(C)C. The molecule has 13 heavy (non-hydrogen) atoms. The van der Waals surface area contributed by atoms with Crippen molar-refractivity contribution in [3.8, 4) is 0 Å². The van der Waals surface area contributed by atoms with Crippen molar-refractivity contribution in [1.29, 1.82) is 0 Å². The van der Waals surface area contributed by atoms with Gasteiger partial charge in [0.25, 0.3) is 0 Å². The molecule has 0 saturated heterocycles. The minimum Gasteiger partial charge on any atom is -0.299 e. The van der Waals surface area contributed by atoms with Crippen molar-refractivity contribution in [1.82, 2.24) is 0 Å². The van der Waals surface area contributed by atoms with Crippen LogP contribution in [0.15, 0.2) is 0 Å². The molecular weight excluding hydrogens is 190 g/mol. The predicted molar refractivity (Wildman–Crippen MR) is 53.9 cm³/mol. The van der Waals surface area contributed by atoms with Gasteiger partial charge in [0.2, 0.25) is 0 Å². The summed E-state index contributed by atoms with van der Waals surface area (Å²) in [6, 6.07) is 0. The van der Waals surface area contributed by atoms with Gasteiger partial charge in [0.1, 0.15) is 0 Å². The first-order valence-corrected chi connectivity index (χ1v) is 6.18. The molecule has 1 atom stereocenters. The zero-order valence-corrected chi connectivity index (χ0v) is 10.2. The van der Waals surface area contributed by atoms with E-state index in [4.69, 9.17) is 4.52 Å². The summed E-state index contributed by atoms with van der Waals surface area (Å²) in [5.41, 5.74) is -1.24. The Morgan fingerprint density at radius 3 is 1.85 bits per heavy atom. The Morgan fingerprint density at radius 2 is 1.62 bits per heavy atom. The second-order valence-corrected chi connectivity index (χ2v) is 6.72. The van der Waals surface area contributed by atoms with Crippen molar-refractivity contribution in [3.05, 3.63) is 0 Å². The first-order chi connectivity index (χ1) is 5.59. The maximum absolute atomic E-state index is 13.4. The molecular formula is C9H20FO2P. The zero-order chi connectivity index (χ0) is 10.9. The summed E-state index contributed by atoms with van der Waals surface area (Å²) in [6.45, 7) is 10.5. The number of hydrogen-bond donors (Lipinski definition) is 0. The highest BCUT2D eigenvalue weighted by atomic mass is 31.2. The van der Waals surface area contributed by atoms with Gasteiger partial charge in [-0.2, -0.15) is 4.20 Å². The van der Waals surface area contributed by atoms with Crippen LogP contribution in [-0.4, -0.2) is 11.3 Å². The molecule has 0 bridgehead atoms. The lowest BCUT2D eigenvalue weighted by Crippen LogP contribution is -2.30. The fourth-order valence-electron chi connectivity index (χ4n) is 0.532. The molecule has 0 fully saturated rings. The van der Waals surface area contributed by atoms with Crippen LogP contribution < -0.4 is 0 Å². The van der Waals surface area contributed by atoms with Crippen LogP contribution in [0.1, 0.15) is 41.5 Å². The van der Waals surface area contributed by atoms with Crippen molar-refractivity contribution >= 4 is 7.68 Å². The van der Waals surface area contributed by atoms with Crippen molar-refractivity contribution in [2.75, 3.05) is 0 Å². The van der Waals surface area contributed by atoms with Crippen LogP contribution in [0.2, 0.25) is 0 Å². The monoisotopic (exact) mass is 210 g/mol. The van der Waals surface area contributed by atoms with Crippen LogP contribution in [0, 0.1) is 5.92 Å². The lowest BCUT2D eigenvalue weighted by molar-refractivity contribution is 0.0529. The molecule has 0 amide bonds. The summed E-state index contributed by atoms with van der Waals surface area (Å²) in [5, 5.41) is 0. The fourth-order valence-corrected chi connectivity index (χ4v) is 1.59. The van der Waals surface area contributed by atoms with E-state index in [1.807, 2.05) is 13.8 Å². The molecule has 2 nitrogen and oxygen atoms in total. The zero-order valence-electron chi connectivity index (χ0n) is 9.30. The molecule has 0 rings (SSSR count). The molecule has 0 saturated carbocycles. The van der Waals surface area contributed by atoms with Crippen molar-refractivity contribution in [3.63, 3.8) is 0 Å². The Hall–Kier alpha value is 0.120. The minimum atomic E-state index is -3.94. The third-order valence-corrected chi connectivity index (χ3v) is 4.32. The van der Waals surface area contributed by atoms with Gasteiger partial charge in [0.15, 0.2) is 0 Å². The quantitative estimate of drug-likeness (QED) is 0.655. The second-order valence-electron chi connectivity index (χ2n) is 4.46. The molecule has 0 aliphatic heterocycles. The molecule has 0 heterocycles. The van der Waals surface area contributed by atoms with Crippen LogP contribution in [0.5, 0.6) is 0 Å². The summed E-state index contributed by atoms with van der Waals surface area (Å²) in [4.78, 5) is 0. The van der Waals surface area contributed by atoms with Crippen molar-refractivity contribution < 1.29 is 13.3 Å². The van der Waals surface area contributed by atoms with Crippen LogP contribution in [0.3, 0.4) is 0 Å². The molecule has 80 valence electrons. The van der Waals surface area contributed by atoms with E-state index in [0.717, 1.165) is 0 Å². The van der Waals surface area contributed by atoms with Crippen LogP contribution in [0.25, 0.3) is 0 Å². The third-order valence-electron chi connectivity index (χ3n) is 2.37. The summed E-state index contributed by atoms with van der Waals surface area (Å²) in [7, 11) is -3.94. The number of hydrogen-bond acceptors (Lipinski definition) is 2. The maximum Gasteiger partial charge on any atom is 0.370 e. The lowest BCUT2D eigenvalue weighted by atomic mass is 9.95. The van der Waals surface area contributed by atoms with E-state index in [2.05, 4.69) is 0 Å². The highest BCUT2D eigenvalue weighted by Crippen LogP contribution is 2.57. The Balaban J connectivity index is 4.53. The van der Waals surface area contributed by atoms with E-state index in [1.165, 1.54) is 0 Å². The van der Waals surface area contributed by atoms with Crippen LogP contribution in [-0.2, 0) is 9.09 Å². The molecule has 0 spiro atoms. The highest BCUT2D eigenvalue weighted by Gasteiger charge is 2.36. The van der Waals surface area contributed by atoms with Crippen LogP contribution in [0.4, 0.5) is 4.20 Å². The van der Waals surface area contributed by atoms with Gasteiger partial charge in [0.05, 0.1) is 11.3 Å². The summed E-state index contributed by atoms with van der Waals surface area (Å²) in [5.74, 6) is 0.135. The molecule has 0 N–H and O–H groups in total. The average Bonchev–Trinajstić information content (AvgIpc) is 1.83. The van der Waals surface area contributed by atoms with Gasteiger partial charge < -0.3 is 0 Å². The molecule has 0 aliphatic rings. The van der Waals surface area contributed by atoms with E-state index < -0.39 is 18.9 Å². The van der Waals surface area contributed by atoms with Crippen LogP contribution >= 0.6 is 7.68 Å². The first-order valence-electron chi connectivity index (χ1n) is 4.59. The van der Waals surface area contributed by atoms with Gasteiger partial charge in [-0.15, -0.1) is 0 Å². The van der Waals surface area contributed by atoms with Crippen molar-refractivity contribution in [2.24, 2.45) is 5.92 Å². The molecule has 4 heteroatoms. The van der Waals surface area contributed by atoms with E-state index in [0.29, 0.717) is 0 Å². The summed E-state index contributed by atoms with van der Waals surface area (Å²) < 4.78 is 29.8. The molecule has 1 unspecified atom stereocenters. The van der Waals surface area contributed by atoms with Gasteiger partial charge in [-0.25, -0.2) is 0 Å². The molecule has 0 aromatic heterocycles. The largest absolute Gasteiger partial charge is 0.370 e. The van der Waals surface area contributed by atoms with Gasteiger partial charge >= 0.3 is 7.68 Å². The fraction of sp³-hybridized carbons (Fsp3) is 1.00. The highest BCUT2D eigenvalue weighted by molar-refractivity contribution is 7.54. The average molecular weight is 210 g/mol.